The van der Waals surface area contributed by atoms with Crippen LogP contribution < -0.4 is 4.90 Å². The molecule has 0 radical (unpaired) electrons. The molecule has 2 aromatic heterocycles. The fraction of sp³-hybridized carbons (Fsp3) is 0.367. The number of H-pyrrole nitrogens is 1. The molecule has 4 rings (SSSR count). The highest BCUT2D eigenvalue weighted by molar-refractivity contribution is 5.83. The normalized spacial score (nSPS) is 14.2. The van der Waals surface area contributed by atoms with Gasteiger partial charge in [-0.1, -0.05) is 76.2 Å². The highest BCUT2D eigenvalue weighted by Crippen LogP contribution is 2.43. The lowest BCUT2D eigenvalue weighted by atomic mass is 9.73. The molecule has 7 heteroatoms. The Kier molecular flexibility index (Phi) is 7.12. The van der Waals surface area contributed by atoms with Crippen molar-refractivity contribution in [1.29, 1.82) is 0 Å². The number of rotatable bonds is 8. The van der Waals surface area contributed by atoms with Crippen molar-refractivity contribution in [2.24, 2.45) is 0 Å². The van der Waals surface area contributed by atoms with Gasteiger partial charge in [-0.15, -0.1) is 0 Å². The second-order valence-electron chi connectivity index (χ2n) is 10.8. The molecule has 0 amide bonds. The van der Waals surface area contributed by atoms with Crippen molar-refractivity contribution in [2.75, 3.05) is 11.9 Å². The van der Waals surface area contributed by atoms with Crippen LogP contribution in [0.25, 0.3) is 10.9 Å². The van der Waals surface area contributed by atoms with Gasteiger partial charge in [-0.3, -0.25) is 0 Å². The van der Waals surface area contributed by atoms with Crippen molar-refractivity contribution in [3.05, 3.63) is 89.7 Å². The highest BCUT2D eigenvalue weighted by Gasteiger charge is 2.56. The van der Waals surface area contributed by atoms with Gasteiger partial charge in [0.1, 0.15) is 5.82 Å². The number of anilines is 2. The van der Waals surface area contributed by atoms with Crippen LogP contribution in [0.1, 0.15) is 56.9 Å². The number of hydrogen-bond donors (Lipinski definition) is 2. The van der Waals surface area contributed by atoms with Crippen LogP contribution in [0.3, 0.4) is 0 Å². The molecule has 1 unspecified atom stereocenters. The van der Waals surface area contributed by atoms with Gasteiger partial charge in [-0.2, -0.15) is 13.2 Å². The summed E-state index contributed by atoms with van der Waals surface area (Å²) in [7, 11) is 1.93. The van der Waals surface area contributed by atoms with Gasteiger partial charge in [-0.25, -0.2) is 4.98 Å². The van der Waals surface area contributed by atoms with Gasteiger partial charge in [0, 0.05) is 30.2 Å². The van der Waals surface area contributed by atoms with Gasteiger partial charge in [0.15, 0.2) is 5.60 Å². The molecular weight excluding hydrogens is 475 g/mol. The number of benzene rings is 2. The van der Waals surface area contributed by atoms with Crippen LogP contribution in [-0.2, 0) is 11.8 Å². The minimum atomic E-state index is -4.81. The second-order valence-corrected chi connectivity index (χ2v) is 10.8. The van der Waals surface area contributed by atoms with Gasteiger partial charge in [0.2, 0.25) is 0 Å². The third-order valence-electron chi connectivity index (χ3n) is 7.11. The Morgan fingerprint density at radius 2 is 1.62 bits per heavy atom. The van der Waals surface area contributed by atoms with Gasteiger partial charge in [0.25, 0.3) is 0 Å². The maximum Gasteiger partial charge on any atom is 0.417 e. The number of aromatic nitrogens is 2. The lowest BCUT2D eigenvalue weighted by Crippen LogP contribution is -2.50. The Bertz CT molecular complexity index is 1360. The van der Waals surface area contributed by atoms with E-state index in [2.05, 4.69) is 29.9 Å². The summed E-state index contributed by atoms with van der Waals surface area (Å²) < 4.78 is 42.8. The van der Waals surface area contributed by atoms with Crippen molar-refractivity contribution < 1.29 is 18.3 Å². The number of nitrogens with zero attached hydrogens (tertiary/aromatic N) is 2. The van der Waals surface area contributed by atoms with Gasteiger partial charge >= 0.3 is 6.18 Å². The van der Waals surface area contributed by atoms with E-state index in [9.17, 15) is 18.3 Å². The molecule has 0 aliphatic rings. The molecule has 0 aliphatic carbocycles. The maximum absolute atomic E-state index is 14.3. The number of fused-ring (bicyclic) bond motifs is 1. The molecule has 37 heavy (non-hydrogen) atoms. The molecular formula is C30H34F3N3O. The maximum atomic E-state index is 14.3. The molecule has 2 heterocycles. The van der Waals surface area contributed by atoms with Crippen LogP contribution in [0.4, 0.5) is 24.7 Å². The SMILES string of the molecule is CC(C)c1ccccc1N(C)c1cc2cc(CC(O)(CC(C)(C)c3ccccc3)C(F)(F)F)[nH]c2cn1. The van der Waals surface area contributed by atoms with Crippen molar-refractivity contribution in [3.8, 4) is 0 Å². The van der Waals surface area contributed by atoms with Crippen LogP contribution >= 0.6 is 0 Å². The summed E-state index contributed by atoms with van der Waals surface area (Å²) in [5, 5.41) is 11.8. The second kappa shape index (κ2) is 9.86. The van der Waals surface area contributed by atoms with E-state index in [0.717, 1.165) is 16.6 Å². The van der Waals surface area contributed by atoms with Crippen molar-refractivity contribution in [3.63, 3.8) is 0 Å². The Morgan fingerprint density at radius 1 is 0.973 bits per heavy atom. The lowest BCUT2D eigenvalue weighted by Gasteiger charge is -2.37. The van der Waals surface area contributed by atoms with E-state index >= 15 is 0 Å². The summed E-state index contributed by atoms with van der Waals surface area (Å²) in [6.07, 6.45) is -4.23. The molecule has 0 fully saturated rings. The Hall–Kier alpha value is -3.32. The number of alkyl halides is 3. The van der Waals surface area contributed by atoms with E-state index in [0.29, 0.717) is 22.9 Å². The Labute approximate surface area is 216 Å². The number of aliphatic hydroxyl groups is 1. The number of pyridine rings is 1. The molecule has 2 N–H and O–H groups in total. The third-order valence-corrected chi connectivity index (χ3v) is 7.11. The Balaban J connectivity index is 1.64. The molecule has 0 saturated carbocycles. The number of aromatic amines is 1. The fourth-order valence-corrected chi connectivity index (χ4v) is 5.06. The molecule has 0 aliphatic heterocycles. The quantitative estimate of drug-likeness (QED) is 0.256. The van der Waals surface area contributed by atoms with E-state index in [1.807, 2.05) is 42.3 Å². The lowest BCUT2D eigenvalue weighted by molar-refractivity contribution is -0.266. The van der Waals surface area contributed by atoms with Crippen LogP contribution in [0.5, 0.6) is 0 Å². The van der Waals surface area contributed by atoms with Crippen molar-refractivity contribution in [2.45, 2.75) is 63.6 Å². The first-order valence-electron chi connectivity index (χ1n) is 12.5. The zero-order valence-corrected chi connectivity index (χ0v) is 21.9. The van der Waals surface area contributed by atoms with E-state index < -0.39 is 30.0 Å². The van der Waals surface area contributed by atoms with Crippen LogP contribution in [0.2, 0.25) is 0 Å². The number of hydrogen-bond acceptors (Lipinski definition) is 3. The molecule has 4 nitrogen and oxygen atoms in total. The van der Waals surface area contributed by atoms with Crippen molar-refractivity contribution >= 4 is 22.4 Å². The molecule has 0 bridgehead atoms. The molecule has 0 saturated heterocycles. The minimum absolute atomic E-state index is 0.308. The van der Waals surface area contributed by atoms with Crippen LogP contribution in [0, 0.1) is 0 Å². The van der Waals surface area contributed by atoms with E-state index in [-0.39, 0.29) is 0 Å². The highest BCUT2D eigenvalue weighted by atomic mass is 19.4. The molecule has 2 aromatic carbocycles. The number of halogens is 3. The van der Waals surface area contributed by atoms with Crippen LogP contribution in [-0.4, -0.2) is 33.9 Å². The monoisotopic (exact) mass is 509 g/mol. The Morgan fingerprint density at radius 3 is 2.27 bits per heavy atom. The smallest absolute Gasteiger partial charge is 0.380 e. The van der Waals surface area contributed by atoms with E-state index in [1.54, 1.807) is 50.4 Å². The minimum Gasteiger partial charge on any atom is -0.380 e. The third kappa shape index (κ3) is 5.52. The summed E-state index contributed by atoms with van der Waals surface area (Å²) in [6.45, 7) is 7.71. The first-order valence-corrected chi connectivity index (χ1v) is 12.5. The summed E-state index contributed by atoms with van der Waals surface area (Å²) in [6, 6.07) is 20.6. The van der Waals surface area contributed by atoms with Gasteiger partial charge in [0.05, 0.1) is 11.7 Å². The summed E-state index contributed by atoms with van der Waals surface area (Å²) in [5.74, 6) is 1.00. The van der Waals surface area contributed by atoms with Crippen molar-refractivity contribution in [1.82, 2.24) is 9.97 Å². The summed E-state index contributed by atoms with van der Waals surface area (Å²) >= 11 is 0. The van der Waals surface area contributed by atoms with Crippen LogP contribution in [0.15, 0.2) is 72.9 Å². The molecule has 4 aromatic rings. The topological polar surface area (TPSA) is 52.1 Å². The zero-order valence-electron chi connectivity index (χ0n) is 21.9. The predicted molar refractivity (Wildman–Crippen MR) is 143 cm³/mol. The number of para-hydroxylation sites is 1. The summed E-state index contributed by atoms with van der Waals surface area (Å²) in [4.78, 5) is 9.58. The molecule has 1 atom stereocenters. The van der Waals surface area contributed by atoms with E-state index in [1.165, 1.54) is 5.56 Å². The fourth-order valence-electron chi connectivity index (χ4n) is 5.06. The number of nitrogens with one attached hydrogen (secondary N) is 1. The average molecular weight is 510 g/mol. The van der Waals surface area contributed by atoms with E-state index in [4.69, 9.17) is 0 Å². The predicted octanol–water partition coefficient (Wildman–Crippen LogP) is 7.66. The molecule has 196 valence electrons. The first kappa shape index (κ1) is 26.7. The summed E-state index contributed by atoms with van der Waals surface area (Å²) in [5.41, 5.74) is 0.0782. The first-order chi connectivity index (χ1) is 17.3. The van der Waals surface area contributed by atoms with Gasteiger partial charge < -0.3 is 15.0 Å². The standard InChI is InChI=1S/C30H34F3N3O/c1-20(2)24-13-9-10-14-26(24)36(5)27-16-21-15-23(35-25(21)18-34-27)17-29(37,30(31,32)33)19-28(3,4)22-11-7-6-8-12-22/h6-16,18,20,35,37H,17,19H2,1-5H3. The zero-order chi connectivity index (χ0) is 27.0. The molecule has 0 spiro atoms. The average Bonchev–Trinajstić information content (AvgIpc) is 3.24. The van der Waals surface area contributed by atoms with Gasteiger partial charge in [-0.05, 0) is 47.1 Å². The largest absolute Gasteiger partial charge is 0.417 e.